The molecule has 0 unspecified atom stereocenters. The van der Waals surface area contributed by atoms with Crippen molar-refractivity contribution in [3.05, 3.63) is 30.3 Å². The van der Waals surface area contributed by atoms with Crippen LogP contribution in [-0.4, -0.2) is 48.1 Å². The molecule has 5 rings (SSSR count). The van der Waals surface area contributed by atoms with E-state index in [1.165, 1.54) is 45.2 Å². The van der Waals surface area contributed by atoms with Gasteiger partial charge in [0.2, 0.25) is 0 Å². The Labute approximate surface area is 138 Å². The smallest absolute Gasteiger partial charge is 0.321 e. The standard InChI is InChI=1S/C19H27N3O/c23-19(20-17-7-2-1-3-8-17)22-13-16-9-10-18(14-22)21(12-16)11-15-5-4-6-15/h1-3,7-8,15-16,18H,4-6,9-14H2,(H,20,23)/t16-,18-/m1/s1. The number of piperidine rings is 1. The molecule has 3 aliphatic heterocycles. The Kier molecular flexibility index (Phi) is 4.25. The van der Waals surface area contributed by atoms with E-state index < -0.39 is 0 Å². The van der Waals surface area contributed by atoms with Crippen LogP contribution in [0.3, 0.4) is 0 Å². The molecule has 4 nitrogen and oxygen atoms in total. The Balaban J connectivity index is 1.39. The molecule has 23 heavy (non-hydrogen) atoms. The summed E-state index contributed by atoms with van der Waals surface area (Å²) in [6.07, 6.45) is 6.77. The van der Waals surface area contributed by atoms with E-state index in [-0.39, 0.29) is 6.03 Å². The molecule has 2 bridgehead atoms. The van der Waals surface area contributed by atoms with Gasteiger partial charge in [0.25, 0.3) is 0 Å². The molecule has 2 atom stereocenters. The third-order valence-electron chi connectivity index (χ3n) is 5.86. The Hall–Kier alpha value is -1.55. The van der Waals surface area contributed by atoms with Crippen LogP contribution >= 0.6 is 0 Å². The summed E-state index contributed by atoms with van der Waals surface area (Å²) >= 11 is 0. The first-order chi connectivity index (χ1) is 11.3. The van der Waals surface area contributed by atoms with Crippen LogP contribution in [0, 0.1) is 11.8 Å². The number of nitrogens with one attached hydrogen (secondary N) is 1. The Morgan fingerprint density at radius 1 is 1.04 bits per heavy atom. The zero-order chi connectivity index (χ0) is 15.6. The lowest BCUT2D eigenvalue weighted by molar-refractivity contribution is 0.0900. The number of para-hydroxylation sites is 1. The van der Waals surface area contributed by atoms with Gasteiger partial charge in [-0.15, -0.1) is 0 Å². The third-order valence-corrected chi connectivity index (χ3v) is 5.86. The SMILES string of the molecule is O=C(Nc1ccccc1)N1C[C@@H]2CC[C@H](C1)N(CC1CCC1)C2. The van der Waals surface area contributed by atoms with Crippen molar-refractivity contribution in [2.45, 2.75) is 38.1 Å². The van der Waals surface area contributed by atoms with E-state index in [1.54, 1.807) is 0 Å². The monoisotopic (exact) mass is 313 g/mol. The van der Waals surface area contributed by atoms with Crippen molar-refractivity contribution in [2.24, 2.45) is 11.8 Å². The summed E-state index contributed by atoms with van der Waals surface area (Å²) < 4.78 is 0. The fourth-order valence-electron chi connectivity index (χ4n) is 4.30. The quantitative estimate of drug-likeness (QED) is 0.928. The predicted octanol–water partition coefficient (Wildman–Crippen LogP) is 3.41. The third kappa shape index (κ3) is 3.37. The molecule has 4 fully saturated rings. The molecule has 2 amide bonds. The van der Waals surface area contributed by atoms with Crippen molar-refractivity contribution in [1.82, 2.24) is 9.80 Å². The normalized spacial score (nSPS) is 28.3. The van der Waals surface area contributed by atoms with Gasteiger partial charge >= 0.3 is 6.03 Å². The highest BCUT2D eigenvalue weighted by atomic mass is 16.2. The summed E-state index contributed by atoms with van der Waals surface area (Å²) in [6.45, 7) is 4.25. The van der Waals surface area contributed by atoms with E-state index in [4.69, 9.17) is 0 Å². The first kappa shape index (κ1) is 15.0. The number of benzene rings is 1. The van der Waals surface area contributed by atoms with Gasteiger partial charge in [0.15, 0.2) is 0 Å². The van der Waals surface area contributed by atoms with Crippen LogP contribution in [0.1, 0.15) is 32.1 Å². The maximum Gasteiger partial charge on any atom is 0.321 e. The fraction of sp³-hybridized carbons (Fsp3) is 0.632. The van der Waals surface area contributed by atoms with E-state index in [9.17, 15) is 4.79 Å². The first-order valence-corrected chi connectivity index (χ1v) is 9.13. The average molecular weight is 313 g/mol. The van der Waals surface area contributed by atoms with E-state index in [1.807, 2.05) is 30.3 Å². The Morgan fingerprint density at radius 2 is 1.87 bits per heavy atom. The van der Waals surface area contributed by atoms with Gasteiger partial charge in [-0.2, -0.15) is 0 Å². The Bertz CT molecular complexity index is 543. The van der Waals surface area contributed by atoms with Crippen molar-refractivity contribution >= 4 is 11.7 Å². The van der Waals surface area contributed by atoms with Crippen molar-refractivity contribution in [3.8, 4) is 0 Å². The number of hydrogen-bond donors (Lipinski definition) is 1. The molecular weight excluding hydrogens is 286 g/mol. The lowest BCUT2D eigenvalue weighted by atomic mass is 9.83. The van der Waals surface area contributed by atoms with Gasteiger partial charge in [-0.05, 0) is 49.7 Å². The summed E-state index contributed by atoms with van der Waals surface area (Å²) in [5.74, 6) is 1.57. The van der Waals surface area contributed by atoms with Gasteiger partial charge in [0.05, 0.1) is 0 Å². The van der Waals surface area contributed by atoms with Crippen LogP contribution in [0.25, 0.3) is 0 Å². The second-order valence-corrected chi connectivity index (χ2v) is 7.55. The van der Waals surface area contributed by atoms with E-state index in [0.29, 0.717) is 12.0 Å². The van der Waals surface area contributed by atoms with Crippen molar-refractivity contribution in [2.75, 3.05) is 31.5 Å². The maximum atomic E-state index is 12.6. The number of hydrogen-bond acceptors (Lipinski definition) is 2. The molecule has 1 aromatic carbocycles. The fourth-order valence-corrected chi connectivity index (χ4v) is 4.30. The molecule has 3 saturated heterocycles. The second-order valence-electron chi connectivity index (χ2n) is 7.55. The van der Waals surface area contributed by atoms with E-state index >= 15 is 0 Å². The van der Waals surface area contributed by atoms with Gasteiger partial charge < -0.3 is 10.2 Å². The molecule has 1 N–H and O–H groups in total. The number of rotatable bonds is 3. The minimum atomic E-state index is 0.0681. The molecule has 4 heteroatoms. The predicted molar refractivity (Wildman–Crippen MR) is 92.5 cm³/mol. The number of amides is 2. The number of carbonyl (C=O) groups excluding carboxylic acids is 1. The van der Waals surface area contributed by atoms with Crippen LogP contribution < -0.4 is 5.32 Å². The minimum Gasteiger partial charge on any atom is -0.323 e. The highest BCUT2D eigenvalue weighted by Crippen LogP contribution is 2.33. The second kappa shape index (κ2) is 6.52. The number of fused-ring (bicyclic) bond motifs is 4. The molecule has 4 aliphatic rings. The topological polar surface area (TPSA) is 35.6 Å². The van der Waals surface area contributed by atoms with Crippen molar-refractivity contribution < 1.29 is 4.79 Å². The van der Waals surface area contributed by atoms with Crippen molar-refractivity contribution in [3.63, 3.8) is 0 Å². The van der Waals surface area contributed by atoms with Gasteiger partial charge in [-0.1, -0.05) is 24.6 Å². The molecule has 1 aromatic rings. The summed E-state index contributed by atoms with van der Waals surface area (Å²) in [5, 5.41) is 3.05. The molecule has 0 spiro atoms. The Morgan fingerprint density at radius 3 is 2.61 bits per heavy atom. The lowest BCUT2D eigenvalue weighted by Crippen LogP contribution is -2.47. The van der Waals surface area contributed by atoms with Crippen LogP contribution in [-0.2, 0) is 0 Å². The van der Waals surface area contributed by atoms with Crippen LogP contribution in [0.5, 0.6) is 0 Å². The van der Waals surface area contributed by atoms with Crippen LogP contribution in [0.15, 0.2) is 30.3 Å². The zero-order valence-electron chi connectivity index (χ0n) is 13.8. The highest BCUT2D eigenvalue weighted by molar-refractivity contribution is 5.89. The molecule has 3 heterocycles. The first-order valence-electron chi connectivity index (χ1n) is 9.13. The molecule has 1 saturated carbocycles. The van der Waals surface area contributed by atoms with Crippen LogP contribution in [0.4, 0.5) is 10.5 Å². The number of anilines is 1. The van der Waals surface area contributed by atoms with Crippen molar-refractivity contribution in [1.29, 1.82) is 0 Å². The number of carbonyl (C=O) groups is 1. The van der Waals surface area contributed by atoms with Gasteiger partial charge in [-0.3, -0.25) is 4.90 Å². The van der Waals surface area contributed by atoms with Gasteiger partial charge in [0, 0.05) is 37.9 Å². The highest BCUT2D eigenvalue weighted by Gasteiger charge is 2.37. The average Bonchev–Trinajstić information content (AvgIpc) is 2.84. The van der Waals surface area contributed by atoms with E-state index in [2.05, 4.69) is 15.1 Å². The van der Waals surface area contributed by atoms with Gasteiger partial charge in [-0.25, -0.2) is 4.79 Å². The number of nitrogens with zero attached hydrogens (tertiary/aromatic N) is 2. The van der Waals surface area contributed by atoms with Gasteiger partial charge in [0.1, 0.15) is 0 Å². The summed E-state index contributed by atoms with van der Waals surface area (Å²) in [7, 11) is 0. The summed E-state index contributed by atoms with van der Waals surface area (Å²) in [6, 6.07) is 10.4. The lowest BCUT2D eigenvalue weighted by Gasteiger charge is -2.40. The van der Waals surface area contributed by atoms with E-state index in [0.717, 1.165) is 24.7 Å². The number of urea groups is 1. The zero-order valence-corrected chi connectivity index (χ0v) is 13.8. The molecular formula is C19H27N3O. The summed E-state index contributed by atoms with van der Waals surface area (Å²) in [5.41, 5.74) is 0.889. The summed E-state index contributed by atoms with van der Waals surface area (Å²) in [4.78, 5) is 17.4. The minimum absolute atomic E-state index is 0.0681. The largest absolute Gasteiger partial charge is 0.323 e. The van der Waals surface area contributed by atoms with Crippen LogP contribution in [0.2, 0.25) is 0 Å². The molecule has 1 aliphatic carbocycles. The molecule has 0 aromatic heterocycles. The molecule has 124 valence electrons. The maximum absolute atomic E-state index is 12.6. The molecule has 0 radical (unpaired) electrons.